The fourth-order valence-corrected chi connectivity index (χ4v) is 4.70. The molecule has 0 atom stereocenters. The largest absolute Gasteiger partial charge is 0.369 e. The number of aromatic nitrogens is 4. The second-order valence-corrected chi connectivity index (χ2v) is 8.94. The predicted octanol–water partition coefficient (Wildman–Crippen LogP) is 4.53. The van der Waals surface area contributed by atoms with Crippen molar-refractivity contribution in [2.24, 2.45) is 0 Å². The molecule has 32 heavy (non-hydrogen) atoms. The van der Waals surface area contributed by atoms with Gasteiger partial charge in [0.2, 0.25) is 5.95 Å². The highest BCUT2D eigenvalue weighted by Gasteiger charge is 2.12. The van der Waals surface area contributed by atoms with Crippen molar-refractivity contribution < 1.29 is 0 Å². The monoisotopic (exact) mass is 444 g/mol. The third-order valence-corrected chi connectivity index (χ3v) is 6.27. The van der Waals surface area contributed by atoms with Crippen molar-refractivity contribution in [3.8, 4) is 10.4 Å². The van der Waals surface area contributed by atoms with Crippen LogP contribution >= 0.6 is 11.3 Å². The van der Waals surface area contributed by atoms with Gasteiger partial charge in [-0.15, -0.1) is 11.3 Å². The van der Waals surface area contributed by atoms with Crippen LogP contribution in [-0.2, 0) is 0 Å². The van der Waals surface area contributed by atoms with E-state index in [4.69, 9.17) is 5.73 Å². The molecule has 0 saturated carbocycles. The van der Waals surface area contributed by atoms with Crippen LogP contribution in [0.2, 0.25) is 0 Å². The molecule has 0 aliphatic rings. The first-order chi connectivity index (χ1) is 15.5. The summed E-state index contributed by atoms with van der Waals surface area (Å²) in [5.41, 5.74) is 8.97. The van der Waals surface area contributed by atoms with Crippen LogP contribution in [-0.4, -0.2) is 52.3 Å². The van der Waals surface area contributed by atoms with Crippen LogP contribution in [0.5, 0.6) is 0 Å². The number of nitrogens with zero attached hydrogens (tertiary/aromatic N) is 4. The molecule has 0 fully saturated rings. The Morgan fingerprint density at radius 3 is 2.72 bits per heavy atom. The first kappa shape index (κ1) is 20.2. The molecule has 0 saturated heterocycles. The molecule has 3 aromatic heterocycles. The number of hydrogen-bond acceptors (Lipinski definition) is 8. The molecule has 0 radical (unpaired) electrons. The van der Waals surface area contributed by atoms with Gasteiger partial charge in [-0.05, 0) is 43.7 Å². The van der Waals surface area contributed by atoms with Gasteiger partial charge in [0.15, 0.2) is 0 Å². The zero-order valence-corrected chi connectivity index (χ0v) is 18.7. The predicted molar refractivity (Wildman–Crippen MR) is 134 cm³/mol. The molecular weight excluding hydrogens is 420 g/mol. The van der Waals surface area contributed by atoms with Gasteiger partial charge >= 0.3 is 0 Å². The van der Waals surface area contributed by atoms with E-state index in [-0.39, 0.29) is 5.95 Å². The van der Waals surface area contributed by atoms with Crippen molar-refractivity contribution in [1.82, 2.24) is 25.1 Å². The number of H-pyrrole nitrogens is 1. The number of thiophene rings is 1. The summed E-state index contributed by atoms with van der Waals surface area (Å²) in [7, 11) is 4.06. The number of rotatable bonds is 7. The summed E-state index contributed by atoms with van der Waals surface area (Å²) in [5, 5.41) is 16.3. The molecule has 0 aliphatic carbocycles. The van der Waals surface area contributed by atoms with Gasteiger partial charge in [-0.3, -0.25) is 5.10 Å². The Balaban J connectivity index is 1.48. The van der Waals surface area contributed by atoms with E-state index in [2.05, 4.69) is 72.1 Å². The Bertz CT molecular complexity index is 1350. The SMILES string of the molecule is CN(C)CCNc1cc(Nc2cc(-c3cc4ccccc4s3)c3[nH]ncc3c2)nc(N)n1. The molecule has 0 amide bonds. The van der Waals surface area contributed by atoms with E-state index in [1.54, 1.807) is 11.3 Å². The Morgan fingerprint density at radius 2 is 1.88 bits per heavy atom. The molecule has 5 rings (SSSR count). The van der Waals surface area contributed by atoms with Crippen LogP contribution in [0, 0.1) is 0 Å². The van der Waals surface area contributed by atoms with Crippen molar-refractivity contribution in [1.29, 1.82) is 0 Å². The normalized spacial score (nSPS) is 11.5. The van der Waals surface area contributed by atoms with Crippen LogP contribution in [0.15, 0.2) is 54.7 Å². The van der Waals surface area contributed by atoms with Crippen molar-refractivity contribution in [3.63, 3.8) is 0 Å². The maximum Gasteiger partial charge on any atom is 0.223 e. The Labute approximate surface area is 189 Å². The van der Waals surface area contributed by atoms with Gasteiger partial charge in [0.05, 0.1) is 11.7 Å². The maximum atomic E-state index is 5.96. The number of hydrogen-bond donors (Lipinski definition) is 4. The van der Waals surface area contributed by atoms with Crippen LogP contribution in [0.3, 0.4) is 0 Å². The summed E-state index contributed by atoms with van der Waals surface area (Å²) in [4.78, 5) is 11.9. The molecule has 5 N–H and O–H groups in total. The number of fused-ring (bicyclic) bond motifs is 2. The van der Waals surface area contributed by atoms with Crippen molar-refractivity contribution in [3.05, 3.63) is 54.7 Å². The lowest BCUT2D eigenvalue weighted by Crippen LogP contribution is -2.21. The molecule has 0 unspecified atom stereocenters. The summed E-state index contributed by atoms with van der Waals surface area (Å²) in [6.45, 7) is 1.66. The average molecular weight is 445 g/mol. The molecule has 162 valence electrons. The minimum absolute atomic E-state index is 0.219. The number of nitrogen functional groups attached to an aromatic ring is 1. The summed E-state index contributed by atoms with van der Waals surface area (Å²) >= 11 is 1.76. The van der Waals surface area contributed by atoms with Crippen LogP contribution < -0.4 is 16.4 Å². The zero-order valence-electron chi connectivity index (χ0n) is 17.9. The summed E-state index contributed by atoms with van der Waals surface area (Å²) in [5.74, 6) is 1.54. The number of anilines is 4. The van der Waals surface area contributed by atoms with E-state index in [1.807, 2.05) is 32.4 Å². The van der Waals surface area contributed by atoms with E-state index in [1.165, 1.54) is 15.0 Å². The average Bonchev–Trinajstić information content (AvgIpc) is 3.39. The standard InChI is InChI=1S/C23H24N8S/c1-31(2)8-7-25-20-12-21(29-23(24)28-20)27-16-9-15-13-26-30-22(15)17(11-16)19-10-14-5-3-4-6-18(14)32-19/h3-6,9-13H,7-8H2,1-2H3,(H,26,30)(H4,24,25,27,28,29). The minimum atomic E-state index is 0.219. The van der Waals surface area contributed by atoms with Gasteiger partial charge in [-0.1, -0.05) is 18.2 Å². The zero-order chi connectivity index (χ0) is 22.1. The molecule has 8 nitrogen and oxygen atoms in total. The summed E-state index contributed by atoms with van der Waals surface area (Å²) in [6, 6.07) is 16.7. The van der Waals surface area contributed by atoms with E-state index < -0.39 is 0 Å². The van der Waals surface area contributed by atoms with E-state index in [0.717, 1.165) is 35.2 Å². The fraction of sp³-hybridized carbons (Fsp3) is 0.174. The summed E-state index contributed by atoms with van der Waals surface area (Å²) < 4.78 is 1.26. The lowest BCUT2D eigenvalue weighted by Gasteiger charge is -2.13. The van der Waals surface area contributed by atoms with E-state index >= 15 is 0 Å². The van der Waals surface area contributed by atoms with E-state index in [0.29, 0.717) is 11.6 Å². The van der Waals surface area contributed by atoms with Crippen LogP contribution in [0.4, 0.5) is 23.3 Å². The van der Waals surface area contributed by atoms with E-state index in [9.17, 15) is 0 Å². The maximum absolute atomic E-state index is 5.96. The fourth-order valence-electron chi connectivity index (χ4n) is 3.61. The molecule has 0 bridgehead atoms. The molecule has 0 spiro atoms. The molecule has 2 aromatic carbocycles. The van der Waals surface area contributed by atoms with Gasteiger partial charge in [0, 0.05) is 45.4 Å². The van der Waals surface area contributed by atoms with Gasteiger partial charge in [-0.25, -0.2) is 0 Å². The number of benzene rings is 2. The van der Waals surface area contributed by atoms with Gasteiger partial charge in [0.1, 0.15) is 11.6 Å². The second kappa shape index (κ2) is 8.45. The molecule has 9 heteroatoms. The van der Waals surface area contributed by atoms with Crippen molar-refractivity contribution in [2.45, 2.75) is 0 Å². The third kappa shape index (κ3) is 4.20. The lowest BCUT2D eigenvalue weighted by atomic mass is 10.1. The summed E-state index contributed by atoms with van der Waals surface area (Å²) in [6.07, 6.45) is 1.83. The molecular formula is C23H24N8S. The van der Waals surface area contributed by atoms with Gasteiger partial charge in [-0.2, -0.15) is 15.1 Å². The Kier molecular flexibility index (Phi) is 5.34. The molecule has 0 aliphatic heterocycles. The van der Waals surface area contributed by atoms with Crippen LogP contribution in [0.1, 0.15) is 0 Å². The van der Waals surface area contributed by atoms with Gasteiger partial charge < -0.3 is 21.3 Å². The molecule has 5 aromatic rings. The van der Waals surface area contributed by atoms with Crippen LogP contribution in [0.25, 0.3) is 31.4 Å². The highest BCUT2D eigenvalue weighted by atomic mass is 32.1. The first-order valence-corrected chi connectivity index (χ1v) is 11.1. The quantitative estimate of drug-likeness (QED) is 0.292. The highest BCUT2D eigenvalue weighted by molar-refractivity contribution is 7.22. The minimum Gasteiger partial charge on any atom is -0.369 e. The smallest absolute Gasteiger partial charge is 0.223 e. The second-order valence-electron chi connectivity index (χ2n) is 7.86. The lowest BCUT2D eigenvalue weighted by molar-refractivity contribution is 0.425. The first-order valence-electron chi connectivity index (χ1n) is 10.3. The number of likely N-dealkylation sites (N-methyl/N-ethyl adjacent to an activating group) is 1. The third-order valence-electron chi connectivity index (χ3n) is 5.12. The number of nitrogens with one attached hydrogen (secondary N) is 3. The number of aromatic amines is 1. The van der Waals surface area contributed by atoms with Gasteiger partial charge in [0.25, 0.3) is 0 Å². The number of nitrogens with two attached hydrogens (primary N) is 1. The Hall–Kier alpha value is -3.69. The Morgan fingerprint density at radius 1 is 1.03 bits per heavy atom. The topological polar surface area (TPSA) is 108 Å². The van der Waals surface area contributed by atoms with Crippen molar-refractivity contribution >= 4 is 55.6 Å². The molecule has 3 heterocycles. The highest BCUT2D eigenvalue weighted by Crippen LogP contribution is 2.38. The van der Waals surface area contributed by atoms with Crippen molar-refractivity contribution in [2.75, 3.05) is 43.6 Å².